The van der Waals surface area contributed by atoms with E-state index in [4.69, 9.17) is 10.00 Å². The molecular formula is C24H20F3N9O. The Morgan fingerprint density at radius 3 is 2.62 bits per heavy atom. The molecule has 4 aromatic heterocycles. The van der Waals surface area contributed by atoms with E-state index in [2.05, 4.69) is 26.6 Å². The second kappa shape index (κ2) is 9.43. The van der Waals surface area contributed by atoms with E-state index in [9.17, 15) is 18.4 Å². The van der Waals surface area contributed by atoms with Crippen LogP contribution in [0.25, 0.3) is 16.8 Å². The number of alkyl halides is 3. The molecule has 10 nitrogen and oxygen atoms in total. The number of fused-ring (bicyclic) bond motifs is 1. The molecule has 5 heterocycles. The molecular weight excluding hydrogens is 487 g/mol. The lowest BCUT2D eigenvalue weighted by Crippen LogP contribution is -2.31. The van der Waals surface area contributed by atoms with Gasteiger partial charge in [0, 0.05) is 31.0 Å². The summed E-state index contributed by atoms with van der Waals surface area (Å²) in [5.41, 5.74) is 1.44. The molecule has 0 aromatic carbocycles. The summed E-state index contributed by atoms with van der Waals surface area (Å²) in [5, 5.41) is 31.4. The van der Waals surface area contributed by atoms with Crippen molar-refractivity contribution >= 4 is 5.52 Å². The molecule has 0 saturated carbocycles. The number of hydrogen-bond acceptors (Lipinski definition) is 8. The van der Waals surface area contributed by atoms with Gasteiger partial charge in [-0.25, -0.2) is 9.20 Å². The highest BCUT2D eigenvalue weighted by molar-refractivity contribution is 5.74. The number of halogens is 3. The van der Waals surface area contributed by atoms with Crippen molar-refractivity contribution in [2.24, 2.45) is 0 Å². The topological polar surface area (TPSA) is 121 Å². The molecule has 5 rings (SSSR count). The Morgan fingerprint density at radius 1 is 1.19 bits per heavy atom. The summed E-state index contributed by atoms with van der Waals surface area (Å²) in [4.78, 5) is 5.52. The van der Waals surface area contributed by atoms with Crippen molar-refractivity contribution in [3.63, 3.8) is 0 Å². The Hall–Kier alpha value is -4.65. The minimum absolute atomic E-state index is 0.0407. The van der Waals surface area contributed by atoms with Gasteiger partial charge < -0.3 is 9.64 Å². The number of nitriles is 2. The van der Waals surface area contributed by atoms with Gasteiger partial charge in [-0.1, -0.05) is 11.3 Å². The summed E-state index contributed by atoms with van der Waals surface area (Å²) in [5.74, 6) is -0.184. The van der Waals surface area contributed by atoms with E-state index in [1.165, 1.54) is 41.2 Å². The first-order valence-electron chi connectivity index (χ1n) is 11.4. The van der Waals surface area contributed by atoms with Gasteiger partial charge in [-0.2, -0.15) is 28.8 Å². The average molecular weight is 507 g/mol. The van der Waals surface area contributed by atoms with Crippen molar-refractivity contribution in [3.8, 4) is 29.3 Å². The zero-order chi connectivity index (χ0) is 26.2. The van der Waals surface area contributed by atoms with E-state index >= 15 is 0 Å². The van der Waals surface area contributed by atoms with E-state index in [1.807, 2.05) is 13.0 Å². The summed E-state index contributed by atoms with van der Waals surface area (Å²) >= 11 is 0. The van der Waals surface area contributed by atoms with Crippen LogP contribution in [-0.4, -0.2) is 53.8 Å². The van der Waals surface area contributed by atoms with E-state index < -0.39 is 12.3 Å². The molecule has 1 aliphatic rings. The van der Waals surface area contributed by atoms with Crippen molar-refractivity contribution < 1.29 is 17.9 Å². The van der Waals surface area contributed by atoms with Crippen molar-refractivity contribution in [2.75, 3.05) is 13.1 Å². The van der Waals surface area contributed by atoms with Gasteiger partial charge in [0.15, 0.2) is 6.19 Å². The summed E-state index contributed by atoms with van der Waals surface area (Å²) in [6, 6.07) is 7.59. The van der Waals surface area contributed by atoms with Gasteiger partial charge in [0.1, 0.15) is 28.6 Å². The number of ether oxygens (including phenoxy) is 1. The minimum atomic E-state index is -4.77. The minimum Gasteiger partial charge on any atom is -0.472 e. The second-order valence-electron chi connectivity index (χ2n) is 8.64. The molecule has 0 radical (unpaired) electrons. The van der Waals surface area contributed by atoms with Crippen LogP contribution in [-0.2, 0) is 0 Å². The third-order valence-electron chi connectivity index (χ3n) is 6.35. The maximum atomic E-state index is 14.0. The van der Waals surface area contributed by atoms with Gasteiger partial charge in [0.05, 0.1) is 23.6 Å². The predicted molar refractivity (Wildman–Crippen MR) is 123 cm³/mol. The van der Waals surface area contributed by atoms with E-state index in [-0.39, 0.29) is 28.6 Å². The quantitative estimate of drug-likeness (QED) is 0.372. The van der Waals surface area contributed by atoms with E-state index in [0.717, 1.165) is 0 Å². The van der Waals surface area contributed by atoms with Crippen LogP contribution in [0.5, 0.6) is 5.75 Å². The van der Waals surface area contributed by atoms with Gasteiger partial charge in [-0.15, -0.1) is 5.10 Å². The van der Waals surface area contributed by atoms with E-state index in [1.54, 1.807) is 15.8 Å². The number of nitrogens with zero attached hydrogens (tertiary/aromatic N) is 9. The first-order valence-corrected chi connectivity index (χ1v) is 11.4. The van der Waals surface area contributed by atoms with Crippen LogP contribution < -0.4 is 4.74 Å². The Bertz CT molecular complexity index is 1510. The number of piperidine rings is 1. The molecule has 1 aliphatic heterocycles. The van der Waals surface area contributed by atoms with Crippen LogP contribution in [0.1, 0.15) is 41.9 Å². The lowest BCUT2D eigenvalue weighted by molar-refractivity contribution is -0.198. The Balaban J connectivity index is 1.57. The summed E-state index contributed by atoms with van der Waals surface area (Å²) in [6.07, 6.45) is 0.536. The molecule has 13 heteroatoms. The fraction of sp³-hybridized carbons (Fsp3) is 0.333. The second-order valence-corrected chi connectivity index (χ2v) is 8.64. The number of pyridine rings is 2. The highest BCUT2D eigenvalue weighted by Crippen LogP contribution is 2.39. The van der Waals surface area contributed by atoms with Crippen LogP contribution in [0.4, 0.5) is 13.2 Å². The average Bonchev–Trinajstić information content (AvgIpc) is 3.50. The first kappa shape index (κ1) is 24.1. The number of rotatable bonds is 5. The zero-order valence-corrected chi connectivity index (χ0v) is 19.6. The van der Waals surface area contributed by atoms with Crippen LogP contribution in [0.3, 0.4) is 0 Å². The van der Waals surface area contributed by atoms with Gasteiger partial charge in [-0.05, 0) is 38.0 Å². The normalized spacial score (nSPS) is 15.4. The number of aromatic nitrogens is 6. The largest absolute Gasteiger partial charge is 0.472 e. The molecule has 1 saturated heterocycles. The van der Waals surface area contributed by atoms with Crippen LogP contribution in [0.15, 0.2) is 42.9 Å². The molecule has 0 aliphatic carbocycles. The molecule has 1 fully saturated rings. The van der Waals surface area contributed by atoms with Crippen molar-refractivity contribution in [3.05, 3.63) is 59.8 Å². The molecule has 0 spiro atoms. The Morgan fingerprint density at radius 2 is 1.97 bits per heavy atom. The lowest BCUT2D eigenvalue weighted by atomic mass is 10.0. The monoisotopic (exact) mass is 507 g/mol. The third-order valence-corrected chi connectivity index (χ3v) is 6.35. The van der Waals surface area contributed by atoms with Crippen molar-refractivity contribution in [1.29, 1.82) is 10.5 Å². The molecule has 37 heavy (non-hydrogen) atoms. The van der Waals surface area contributed by atoms with Gasteiger partial charge in [0.2, 0.25) is 6.10 Å². The maximum absolute atomic E-state index is 14.0. The van der Waals surface area contributed by atoms with Crippen LogP contribution in [0, 0.1) is 29.7 Å². The fourth-order valence-corrected chi connectivity index (χ4v) is 4.50. The van der Waals surface area contributed by atoms with Crippen molar-refractivity contribution in [2.45, 2.75) is 38.1 Å². The standard InChI is InChI=1S/C24H20F3N9O/c1-15-21(32-33-36(15)18-5-8-34(14-29)9-6-18)16-10-20(22-17(11-28)12-31-35(22)13-16)37-23(24(25,26)27)19-4-2-3-7-30-19/h2-4,7,10,12-13,18,23H,5-6,8-9H2,1H3/t23-/m0/s1. The molecule has 1 atom stereocenters. The van der Waals surface area contributed by atoms with Crippen molar-refractivity contribution in [1.82, 2.24) is 34.5 Å². The molecule has 188 valence electrons. The van der Waals surface area contributed by atoms with Gasteiger partial charge >= 0.3 is 6.18 Å². The lowest BCUT2D eigenvalue weighted by Gasteiger charge is -2.28. The third kappa shape index (κ3) is 4.51. The predicted octanol–water partition coefficient (Wildman–Crippen LogP) is 3.97. The number of hydrogen-bond donors (Lipinski definition) is 0. The van der Waals surface area contributed by atoms with E-state index in [0.29, 0.717) is 42.9 Å². The molecule has 0 amide bonds. The zero-order valence-electron chi connectivity index (χ0n) is 19.6. The summed E-state index contributed by atoms with van der Waals surface area (Å²) in [7, 11) is 0. The summed E-state index contributed by atoms with van der Waals surface area (Å²) < 4.78 is 50.8. The highest BCUT2D eigenvalue weighted by Gasteiger charge is 2.44. The Kier molecular flexibility index (Phi) is 6.13. The number of likely N-dealkylation sites (tertiary alicyclic amines) is 1. The Labute approximate surface area is 209 Å². The molecule has 4 aromatic rings. The molecule has 0 unspecified atom stereocenters. The fourth-order valence-electron chi connectivity index (χ4n) is 4.50. The molecule has 0 N–H and O–H groups in total. The van der Waals surface area contributed by atoms with Gasteiger partial charge in [-0.3, -0.25) is 4.98 Å². The summed E-state index contributed by atoms with van der Waals surface area (Å²) in [6.45, 7) is 3.04. The maximum Gasteiger partial charge on any atom is 0.431 e. The molecule has 0 bridgehead atoms. The van der Waals surface area contributed by atoms with Crippen LogP contribution in [0.2, 0.25) is 0 Å². The van der Waals surface area contributed by atoms with Crippen LogP contribution >= 0.6 is 0 Å². The highest BCUT2D eigenvalue weighted by atomic mass is 19.4. The smallest absolute Gasteiger partial charge is 0.431 e. The first-order chi connectivity index (χ1) is 17.8. The van der Waals surface area contributed by atoms with Gasteiger partial charge in [0.25, 0.3) is 0 Å². The SMILES string of the molecule is Cc1c(-c2cc(O[C@@H](c3ccccn3)C(F)(F)F)c3c(C#N)cnn3c2)nnn1C1CCN(C#N)CC1.